The molecule has 1 aliphatic rings. The Bertz CT molecular complexity index is 967. The first-order valence-electron chi connectivity index (χ1n) is 9.44. The van der Waals surface area contributed by atoms with Crippen molar-refractivity contribution in [2.75, 3.05) is 18.4 Å². The lowest BCUT2D eigenvalue weighted by molar-refractivity contribution is -0.121. The number of carbonyl (C=O) groups is 1. The molecular weight excluding hydrogens is 427 g/mol. The van der Waals surface area contributed by atoms with Crippen LogP contribution < -0.4 is 5.32 Å². The van der Waals surface area contributed by atoms with E-state index in [4.69, 9.17) is 23.2 Å². The van der Waals surface area contributed by atoms with Crippen LogP contribution in [0.3, 0.4) is 0 Å². The summed E-state index contributed by atoms with van der Waals surface area (Å²) in [6.07, 6.45) is 1.67. The van der Waals surface area contributed by atoms with Crippen LogP contribution in [0.5, 0.6) is 0 Å². The average Bonchev–Trinajstić information content (AvgIpc) is 3.19. The quantitative estimate of drug-likeness (QED) is 0.572. The van der Waals surface area contributed by atoms with Gasteiger partial charge in [-0.2, -0.15) is 0 Å². The highest BCUT2D eigenvalue weighted by atomic mass is 35.5. The zero-order valence-corrected chi connectivity index (χ0v) is 18.0. The smallest absolute Gasteiger partial charge is 0.229 e. The summed E-state index contributed by atoms with van der Waals surface area (Å²) in [5, 5.41) is 13.9. The number of anilines is 1. The first-order chi connectivity index (χ1) is 14.1. The number of nitrogens with zero attached hydrogens (tertiary/aromatic N) is 3. The predicted octanol–water partition coefficient (Wildman–Crippen LogP) is 5.36. The molecule has 0 atom stereocenters. The molecule has 2 heterocycles. The van der Waals surface area contributed by atoms with Crippen molar-refractivity contribution in [2.45, 2.75) is 19.4 Å². The Hall–Kier alpha value is -1.99. The van der Waals surface area contributed by atoms with Crippen LogP contribution in [-0.2, 0) is 11.3 Å². The topological polar surface area (TPSA) is 58.1 Å². The minimum absolute atomic E-state index is 0.000602. The fraction of sp³-hybridized carbons (Fsp3) is 0.286. The number of benzene rings is 2. The molecule has 1 amide bonds. The van der Waals surface area contributed by atoms with Crippen LogP contribution in [0, 0.1) is 5.92 Å². The van der Waals surface area contributed by atoms with E-state index in [9.17, 15) is 4.79 Å². The fourth-order valence-electron chi connectivity index (χ4n) is 3.39. The van der Waals surface area contributed by atoms with Crippen LogP contribution in [0.2, 0.25) is 10.0 Å². The van der Waals surface area contributed by atoms with Crippen LogP contribution in [0.25, 0.3) is 10.6 Å². The summed E-state index contributed by atoms with van der Waals surface area (Å²) < 4.78 is 0. The Kier molecular flexibility index (Phi) is 6.45. The molecule has 29 heavy (non-hydrogen) atoms. The number of aromatic nitrogens is 2. The van der Waals surface area contributed by atoms with Crippen molar-refractivity contribution in [3.63, 3.8) is 0 Å². The second-order valence-corrected chi connectivity index (χ2v) is 8.94. The van der Waals surface area contributed by atoms with E-state index in [0.29, 0.717) is 10.2 Å². The van der Waals surface area contributed by atoms with Gasteiger partial charge in [0, 0.05) is 28.1 Å². The monoisotopic (exact) mass is 446 g/mol. The molecule has 1 N–H and O–H groups in total. The summed E-state index contributed by atoms with van der Waals surface area (Å²) in [7, 11) is 0. The maximum atomic E-state index is 12.6. The number of likely N-dealkylation sites (tertiary alicyclic amines) is 1. The highest BCUT2D eigenvalue weighted by Crippen LogP contribution is 2.28. The van der Waals surface area contributed by atoms with Crippen LogP contribution in [0.4, 0.5) is 5.13 Å². The fourth-order valence-corrected chi connectivity index (χ4v) is 4.40. The van der Waals surface area contributed by atoms with E-state index in [1.165, 1.54) is 16.9 Å². The van der Waals surface area contributed by atoms with Crippen molar-refractivity contribution in [1.29, 1.82) is 0 Å². The zero-order valence-electron chi connectivity index (χ0n) is 15.6. The lowest BCUT2D eigenvalue weighted by Crippen LogP contribution is -2.37. The van der Waals surface area contributed by atoms with Gasteiger partial charge in [0.2, 0.25) is 11.0 Å². The normalized spacial score (nSPS) is 15.4. The molecule has 8 heteroatoms. The van der Waals surface area contributed by atoms with Gasteiger partial charge >= 0.3 is 0 Å². The molecule has 2 aromatic carbocycles. The van der Waals surface area contributed by atoms with Crippen molar-refractivity contribution in [3.05, 3.63) is 64.1 Å². The van der Waals surface area contributed by atoms with E-state index in [1.54, 1.807) is 0 Å². The van der Waals surface area contributed by atoms with Crippen LogP contribution in [0.1, 0.15) is 18.4 Å². The Morgan fingerprint density at radius 1 is 1.00 bits per heavy atom. The molecule has 150 valence electrons. The summed E-state index contributed by atoms with van der Waals surface area (Å²) >= 11 is 13.2. The Balaban J connectivity index is 1.29. The molecule has 5 nitrogen and oxygen atoms in total. The molecular formula is C21H20Cl2N4OS. The van der Waals surface area contributed by atoms with Gasteiger partial charge in [0.25, 0.3) is 0 Å². The van der Waals surface area contributed by atoms with Crippen molar-refractivity contribution in [3.8, 4) is 10.6 Å². The third-order valence-corrected chi connectivity index (χ3v) is 6.42. The molecule has 0 radical (unpaired) electrons. The van der Waals surface area contributed by atoms with E-state index in [0.717, 1.165) is 48.1 Å². The highest BCUT2D eigenvalue weighted by Gasteiger charge is 2.25. The summed E-state index contributed by atoms with van der Waals surface area (Å²) in [5.41, 5.74) is 2.17. The van der Waals surface area contributed by atoms with Gasteiger partial charge < -0.3 is 5.32 Å². The summed E-state index contributed by atoms with van der Waals surface area (Å²) in [6.45, 7) is 2.67. The molecule has 0 aliphatic carbocycles. The van der Waals surface area contributed by atoms with Gasteiger partial charge in [-0.1, -0.05) is 58.8 Å². The van der Waals surface area contributed by atoms with Gasteiger partial charge in [0.1, 0.15) is 5.01 Å². The molecule has 0 unspecified atom stereocenters. The second-order valence-electron chi connectivity index (χ2n) is 7.09. The lowest BCUT2D eigenvalue weighted by atomic mass is 9.95. The summed E-state index contributed by atoms with van der Waals surface area (Å²) in [5.74, 6) is 0.0225. The summed E-state index contributed by atoms with van der Waals surface area (Å²) in [4.78, 5) is 15.0. The maximum absolute atomic E-state index is 12.6. The zero-order chi connectivity index (χ0) is 20.2. The Morgan fingerprint density at radius 2 is 1.62 bits per heavy atom. The molecule has 4 rings (SSSR count). The maximum Gasteiger partial charge on any atom is 0.229 e. The molecule has 1 saturated heterocycles. The highest BCUT2D eigenvalue weighted by molar-refractivity contribution is 7.18. The largest absolute Gasteiger partial charge is 0.300 e. The third-order valence-electron chi connectivity index (χ3n) is 5.02. The number of carbonyl (C=O) groups excluding carboxylic acids is 1. The van der Waals surface area contributed by atoms with Crippen molar-refractivity contribution in [1.82, 2.24) is 15.1 Å². The second kappa shape index (κ2) is 9.22. The van der Waals surface area contributed by atoms with Gasteiger partial charge in [-0.25, -0.2) is 0 Å². The van der Waals surface area contributed by atoms with Gasteiger partial charge in [0.05, 0.1) is 0 Å². The average molecular weight is 447 g/mol. The van der Waals surface area contributed by atoms with E-state index in [2.05, 4.69) is 32.5 Å². The molecule has 1 fully saturated rings. The number of halogens is 2. The van der Waals surface area contributed by atoms with Crippen LogP contribution in [0.15, 0.2) is 48.5 Å². The van der Waals surface area contributed by atoms with E-state index < -0.39 is 0 Å². The molecule has 0 spiro atoms. The first kappa shape index (κ1) is 20.3. The molecule has 1 aromatic heterocycles. The van der Waals surface area contributed by atoms with Gasteiger partial charge in [-0.15, -0.1) is 10.2 Å². The van der Waals surface area contributed by atoms with E-state index in [-0.39, 0.29) is 11.8 Å². The molecule has 0 saturated carbocycles. The molecule has 0 bridgehead atoms. The van der Waals surface area contributed by atoms with Gasteiger partial charge in [-0.3, -0.25) is 9.69 Å². The van der Waals surface area contributed by atoms with Crippen molar-refractivity contribution in [2.24, 2.45) is 5.92 Å². The van der Waals surface area contributed by atoms with Gasteiger partial charge in [-0.05, 0) is 55.8 Å². The van der Waals surface area contributed by atoms with Crippen molar-refractivity contribution >= 4 is 45.6 Å². The van der Waals surface area contributed by atoms with Crippen LogP contribution in [-0.4, -0.2) is 34.1 Å². The Morgan fingerprint density at radius 3 is 2.28 bits per heavy atom. The third kappa shape index (κ3) is 5.34. The van der Waals surface area contributed by atoms with Crippen LogP contribution >= 0.6 is 34.5 Å². The number of amides is 1. The Labute approximate surface area is 183 Å². The minimum Gasteiger partial charge on any atom is -0.300 e. The van der Waals surface area contributed by atoms with Gasteiger partial charge in [0.15, 0.2) is 0 Å². The summed E-state index contributed by atoms with van der Waals surface area (Å²) in [6, 6.07) is 15.3. The van der Waals surface area contributed by atoms with E-state index in [1.807, 2.05) is 36.4 Å². The molecule has 3 aromatic rings. The SMILES string of the molecule is O=C(Nc1nnc(-c2ccc(Cl)cc2)s1)C1CCN(Cc2ccc(Cl)cc2)CC1. The number of hydrogen-bond acceptors (Lipinski definition) is 5. The van der Waals surface area contributed by atoms with E-state index >= 15 is 0 Å². The molecule has 1 aliphatic heterocycles. The number of hydrogen-bond donors (Lipinski definition) is 1. The first-order valence-corrected chi connectivity index (χ1v) is 11.0. The predicted molar refractivity (Wildman–Crippen MR) is 118 cm³/mol. The number of rotatable bonds is 5. The number of piperidine rings is 1. The standard InChI is InChI=1S/C21H20Cl2N4OS/c22-17-5-1-14(2-6-17)13-27-11-9-15(10-12-27)19(28)24-21-26-25-20(29-21)16-3-7-18(23)8-4-16/h1-8,15H,9-13H2,(H,24,26,28). The number of nitrogens with one attached hydrogen (secondary N) is 1. The minimum atomic E-state index is -0.000602. The van der Waals surface area contributed by atoms with Crippen molar-refractivity contribution < 1.29 is 4.79 Å². The lowest BCUT2D eigenvalue weighted by Gasteiger charge is -2.31.